The number of hydrogen-bond donors (Lipinski definition) is 1. The van der Waals surface area contributed by atoms with Crippen molar-refractivity contribution in [2.75, 3.05) is 23.1 Å². The highest BCUT2D eigenvalue weighted by atomic mass is 32.2. The number of amides is 1. The predicted molar refractivity (Wildman–Crippen MR) is 108 cm³/mol. The summed E-state index contributed by atoms with van der Waals surface area (Å²) in [4.78, 5) is 17.3. The first-order valence-electron chi connectivity index (χ1n) is 8.86. The average molecular weight is 418 g/mol. The fraction of sp³-hybridized carbons (Fsp3) is 0.263. The highest BCUT2D eigenvalue weighted by Crippen LogP contribution is 2.29. The molecule has 7 nitrogen and oxygen atoms in total. The molecule has 1 aliphatic heterocycles. The van der Waals surface area contributed by atoms with Crippen LogP contribution in [0, 0.1) is 0 Å². The lowest BCUT2D eigenvalue weighted by Crippen LogP contribution is -2.37. The van der Waals surface area contributed by atoms with Crippen molar-refractivity contribution in [3.63, 3.8) is 0 Å². The van der Waals surface area contributed by atoms with E-state index in [0.29, 0.717) is 24.6 Å². The van der Waals surface area contributed by atoms with Crippen molar-refractivity contribution in [3.8, 4) is 10.8 Å². The molecule has 146 valence electrons. The molecule has 4 rings (SSSR count). The summed E-state index contributed by atoms with van der Waals surface area (Å²) >= 11 is 1.50. The molecule has 1 aliphatic rings. The van der Waals surface area contributed by atoms with Crippen molar-refractivity contribution < 1.29 is 17.6 Å². The first kappa shape index (κ1) is 18.7. The predicted octanol–water partition coefficient (Wildman–Crippen LogP) is 2.45. The fourth-order valence-electron chi connectivity index (χ4n) is 3.16. The zero-order valence-corrected chi connectivity index (χ0v) is 16.6. The first-order chi connectivity index (χ1) is 13.5. The minimum absolute atomic E-state index is 0.0431. The Balaban J connectivity index is 1.30. The molecule has 0 spiro atoms. The van der Waals surface area contributed by atoms with Crippen LogP contribution in [0.2, 0.25) is 0 Å². The molecule has 9 heteroatoms. The number of nitrogens with one attached hydrogen (secondary N) is 1. The molecule has 1 aromatic carbocycles. The zero-order chi connectivity index (χ0) is 19.6. The van der Waals surface area contributed by atoms with E-state index in [0.717, 1.165) is 16.1 Å². The number of sulfonamides is 1. The van der Waals surface area contributed by atoms with Crippen LogP contribution in [0.4, 0.5) is 5.69 Å². The monoisotopic (exact) mass is 417 g/mol. The van der Waals surface area contributed by atoms with E-state index in [4.69, 9.17) is 4.42 Å². The molecule has 0 radical (unpaired) electrons. The van der Waals surface area contributed by atoms with Crippen molar-refractivity contribution >= 4 is 33.0 Å². The number of fused-ring (bicyclic) bond motifs is 1. The second-order valence-electron chi connectivity index (χ2n) is 6.41. The zero-order valence-electron chi connectivity index (χ0n) is 15.0. The molecule has 3 heterocycles. The summed E-state index contributed by atoms with van der Waals surface area (Å²) in [6, 6.07) is 11.3. The van der Waals surface area contributed by atoms with Gasteiger partial charge in [0.1, 0.15) is 6.26 Å². The molecule has 1 N–H and O–H groups in total. The van der Waals surface area contributed by atoms with Crippen molar-refractivity contribution in [1.29, 1.82) is 0 Å². The minimum Gasteiger partial charge on any atom is -0.444 e. The van der Waals surface area contributed by atoms with Crippen LogP contribution in [0.15, 0.2) is 52.5 Å². The van der Waals surface area contributed by atoms with Crippen molar-refractivity contribution in [3.05, 3.63) is 59.3 Å². The maximum atomic E-state index is 12.6. The van der Waals surface area contributed by atoms with Gasteiger partial charge in [0, 0.05) is 13.1 Å². The summed E-state index contributed by atoms with van der Waals surface area (Å²) in [5, 5.41) is 4.58. The van der Waals surface area contributed by atoms with Crippen LogP contribution in [0.1, 0.15) is 11.3 Å². The molecule has 0 saturated carbocycles. The second kappa shape index (κ2) is 7.76. The van der Waals surface area contributed by atoms with Gasteiger partial charge in [0.25, 0.3) is 0 Å². The number of hydrogen-bond acceptors (Lipinski definition) is 6. The minimum atomic E-state index is -3.48. The highest BCUT2D eigenvalue weighted by molar-refractivity contribution is 7.92. The maximum Gasteiger partial charge on any atom is 0.236 e. The normalized spacial score (nSPS) is 13.5. The summed E-state index contributed by atoms with van der Waals surface area (Å²) in [6.45, 7) is 0.496. The summed E-state index contributed by atoms with van der Waals surface area (Å²) in [5.74, 6) is 0.0444. The lowest BCUT2D eigenvalue weighted by atomic mass is 10.2. The Bertz CT molecular complexity index is 1070. The quantitative estimate of drug-likeness (QED) is 0.637. The Morgan fingerprint density at radius 1 is 1.25 bits per heavy atom. The summed E-state index contributed by atoms with van der Waals surface area (Å²) in [7, 11) is -3.48. The molecule has 0 saturated heterocycles. The van der Waals surface area contributed by atoms with Gasteiger partial charge in [-0.05, 0) is 29.5 Å². The number of carbonyl (C=O) groups is 1. The van der Waals surface area contributed by atoms with E-state index < -0.39 is 10.0 Å². The van der Waals surface area contributed by atoms with Gasteiger partial charge in [0.15, 0.2) is 0 Å². The Labute approximate surface area is 167 Å². The van der Waals surface area contributed by atoms with Crippen LogP contribution >= 0.6 is 11.3 Å². The topological polar surface area (TPSA) is 92.5 Å². The van der Waals surface area contributed by atoms with Gasteiger partial charge in [-0.15, -0.1) is 11.3 Å². The van der Waals surface area contributed by atoms with Gasteiger partial charge in [-0.2, -0.15) is 0 Å². The van der Waals surface area contributed by atoms with E-state index >= 15 is 0 Å². The fourth-order valence-corrected chi connectivity index (χ4v) is 5.24. The molecule has 1 amide bonds. The van der Waals surface area contributed by atoms with E-state index in [1.165, 1.54) is 21.9 Å². The molecule has 0 unspecified atom stereocenters. The Kier molecular flexibility index (Phi) is 5.19. The molecule has 2 aromatic heterocycles. The SMILES string of the molecule is O=C(Cc1coc(-c2cccs2)n1)NCCS(=O)(=O)N1CCc2ccccc21. The third-order valence-corrected chi connectivity index (χ3v) is 7.12. The standard InChI is InChI=1S/C19H19N3O4S2/c23-18(12-15-13-26-19(21-15)17-6-3-10-27-17)20-8-11-28(24,25)22-9-7-14-4-1-2-5-16(14)22/h1-6,10,13H,7-9,11-12H2,(H,20,23). The molecular weight excluding hydrogens is 398 g/mol. The molecule has 0 fully saturated rings. The lowest BCUT2D eigenvalue weighted by molar-refractivity contribution is -0.120. The van der Waals surface area contributed by atoms with Crippen LogP contribution in [0.3, 0.4) is 0 Å². The van der Waals surface area contributed by atoms with Gasteiger partial charge >= 0.3 is 0 Å². The number of anilines is 1. The first-order valence-corrected chi connectivity index (χ1v) is 11.3. The molecule has 0 aliphatic carbocycles. The molecular formula is C19H19N3O4S2. The number of rotatable bonds is 7. The van der Waals surface area contributed by atoms with Crippen LogP contribution in [0.25, 0.3) is 10.8 Å². The van der Waals surface area contributed by atoms with E-state index in [2.05, 4.69) is 10.3 Å². The molecule has 28 heavy (non-hydrogen) atoms. The van der Waals surface area contributed by atoms with Crippen molar-refractivity contribution in [2.24, 2.45) is 0 Å². The largest absolute Gasteiger partial charge is 0.444 e. The van der Waals surface area contributed by atoms with E-state index in [1.807, 2.05) is 41.8 Å². The van der Waals surface area contributed by atoms with Crippen LogP contribution < -0.4 is 9.62 Å². The number of benzene rings is 1. The van der Waals surface area contributed by atoms with E-state index in [-0.39, 0.29) is 24.6 Å². The molecule has 0 atom stereocenters. The van der Waals surface area contributed by atoms with Crippen molar-refractivity contribution in [2.45, 2.75) is 12.8 Å². The molecule has 3 aromatic rings. The van der Waals surface area contributed by atoms with Gasteiger partial charge in [-0.3, -0.25) is 9.10 Å². The van der Waals surface area contributed by atoms with Gasteiger partial charge in [0.2, 0.25) is 21.8 Å². The Morgan fingerprint density at radius 2 is 2.11 bits per heavy atom. The summed E-state index contributed by atoms with van der Waals surface area (Å²) < 4.78 is 32.1. The van der Waals surface area contributed by atoms with Gasteiger partial charge < -0.3 is 9.73 Å². The van der Waals surface area contributed by atoms with E-state index in [9.17, 15) is 13.2 Å². The number of oxazole rings is 1. The molecule has 0 bridgehead atoms. The average Bonchev–Trinajstić information content (AvgIpc) is 3.41. The van der Waals surface area contributed by atoms with Gasteiger partial charge in [-0.1, -0.05) is 24.3 Å². The van der Waals surface area contributed by atoms with Gasteiger partial charge in [0.05, 0.1) is 28.4 Å². The highest BCUT2D eigenvalue weighted by Gasteiger charge is 2.28. The third kappa shape index (κ3) is 3.95. The number of thiophene rings is 1. The van der Waals surface area contributed by atoms with Crippen LogP contribution in [0.5, 0.6) is 0 Å². The van der Waals surface area contributed by atoms with E-state index in [1.54, 1.807) is 0 Å². The maximum absolute atomic E-state index is 12.6. The van der Waals surface area contributed by atoms with Crippen LogP contribution in [-0.2, 0) is 27.7 Å². The smallest absolute Gasteiger partial charge is 0.236 e. The number of nitrogens with zero attached hydrogens (tertiary/aromatic N) is 2. The lowest BCUT2D eigenvalue weighted by Gasteiger charge is -2.19. The Hall–Kier alpha value is -2.65. The van der Waals surface area contributed by atoms with Crippen molar-refractivity contribution in [1.82, 2.24) is 10.3 Å². The summed E-state index contributed by atoms with van der Waals surface area (Å²) in [6.07, 6.45) is 2.20. The number of aromatic nitrogens is 1. The third-order valence-electron chi connectivity index (χ3n) is 4.49. The van der Waals surface area contributed by atoms with Crippen LogP contribution in [-0.4, -0.2) is 38.2 Å². The summed E-state index contributed by atoms with van der Waals surface area (Å²) in [5.41, 5.74) is 2.28. The van der Waals surface area contributed by atoms with Gasteiger partial charge in [-0.25, -0.2) is 13.4 Å². The Morgan fingerprint density at radius 3 is 2.93 bits per heavy atom. The number of para-hydroxylation sites is 1. The number of carbonyl (C=O) groups excluding carboxylic acids is 1. The second-order valence-corrected chi connectivity index (χ2v) is 9.38.